The van der Waals surface area contributed by atoms with Gasteiger partial charge >= 0.3 is 0 Å². The Labute approximate surface area is 71.0 Å². The predicted octanol–water partition coefficient (Wildman–Crippen LogP) is 0.343. The number of ether oxygens (including phenoxy) is 1. The van der Waals surface area contributed by atoms with E-state index in [-0.39, 0.29) is 13.2 Å². The van der Waals surface area contributed by atoms with E-state index in [1.54, 1.807) is 6.07 Å². The average Bonchev–Trinajstić information content (AvgIpc) is 2.03. The van der Waals surface area contributed by atoms with Crippen LogP contribution in [0.4, 0.5) is 5.82 Å². The summed E-state index contributed by atoms with van der Waals surface area (Å²) in [4.78, 5) is 4.00. The molecule has 0 atom stereocenters. The first-order chi connectivity index (χ1) is 5.74. The number of nitrogens with two attached hydrogens (primary N) is 1. The molecule has 0 spiro atoms. The lowest BCUT2D eigenvalue weighted by molar-refractivity contribution is 0.201. The largest absolute Gasteiger partial charge is 0.487 e. The zero-order valence-electron chi connectivity index (χ0n) is 6.95. The summed E-state index contributed by atoms with van der Waals surface area (Å²) in [5, 5.41) is 8.49. The molecular weight excluding hydrogens is 156 g/mol. The van der Waals surface area contributed by atoms with Crippen LogP contribution in [0.1, 0.15) is 5.69 Å². The second-order valence-electron chi connectivity index (χ2n) is 2.41. The van der Waals surface area contributed by atoms with Crippen LogP contribution in [0, 0.1) is 6.92 Å². The number of aliphatic hydroxyl groups is 1. The molecule has 0 aliphatic carbocycles. The standard InChI is InChI=1S/C8H12N2O2/c1-6-2-3-7(8(9)10-6)12-5-4-11/h2-3,11H,4-5H2,1H3,(H2,9,10). The van der Waals surface area contributed by atoms with Crippen LogP contribution in [0.5, 0.6) is 5.75 Å². The Balaban J connectivity index is 2.72. The van der Waals surface area contributed by atoms with Gasteiger partial charge in [-0.15, -0.1) is 0 Å². The highest BCUT2D eigenvalue weighted by molar-refractivity contribution is 5.46. The number of anilines is 1. The lowest BCUT2D eigenvalue weighted by Gasteiger charge is -2.06. The van der Waals surface area contributed by atoms with Gasteiger partial charge in [0, 0.05) is 5.69 Å². The van der Waals surface area contributed by atoms with E-state index in [2.05, 4.69) is 4.98 Å². The summed E-state index contributed by atoms with van der Waals surface area (Å²) in [6.45, 7) is 2.08. The molecule has 0 aromatic carbocycles. The lowest BCUT2D eigenvalue weighted by Crippen LogP contribution is -2.05. The van der Waals surface area contributed by atoms with Crippen molar-refractivity contribution >= 4 is 5.82 Å². The van der Waals surface area contributed by atoms with Crippen LogP contribution in [0.3, 0.4) is 0 Å². The van der Waals surface area contributed by atoms with Crippen molar-refractivity contribution in [2.75, 3.05) is 18.9 Å². The van der Waals surface area contributed by atoms with Gasteiger partial charge in [0.25, 0.3) is 0 Å². The zero-order valence-corrected chi connectivity index (χ0v) is 6.95. The predicted molar refractivity (Wildman–Crippen MR) is 46.0 cm³/mol. The maximum absolute atomic E-state index is 8.49. The maximum atomic E-state index is 8.49. The monoisotopic (exact) mass is 168 g/mol. The highest BCUT2D eigenvalue weighted by atomic mass is 16.5. The first-order valence-corrected chi connectivity index (χ1v) is 3.71. The number of aromatic nitrogens is 1. The zero-order chi connectivity index (χ0) is 8.97. The number of aliphatic hydroxyl groups excluding tert-OH is 1. The average molecular weight is 168 g/mol. The van der Waals surface area contributed by atoms with Crippen molar-refractivity contribution in [2.45, 2.75) is 6.92 Å². The molecule has 0 saturated carbocycles. The molecule has 1 rings (SSSR count). The van der Waals surface area contributed by atoms with Crippen molar-refractivity contribution < 1.29 is 9.84 Å². The van der Waals surface area contributed by atoms with E-state index in [0.717, 1.165) is 5.69 Å². The van der Waals surface area contributed by atoms with E-state index in [1.165, 1.54) is 0 Å². The molecule has 1 heterocycles. The van der Waals surface area contributed by atoms with E-state index < -0.39 is 0 Å². The molecule has 4 heteroatoms. The first kappa shape index (κ1) is 8.80. The molecule has 0 fully saturated rings. The van der Waals surface area contributed by atoms with Gasteiger partial charge in [-0.1, -0.05) is 0 Å². The number of nitrogen functional groups attached to an aromatic ring is 1. The molecule has 12 heavy (non-hydrogen) atoms. The number of nitrogens with zero attached hydrogens (tertiary/aromatic N) is 1. The van der Waals surface area contributed by atoms with Gasteiger partial charge in [-0.3, -0.25) is 0 Å². The van der Waals surface area contributed by atoms with Gasteiger partial charge in [-0.25, -0.2) is 4.98 Å². The minimum atomic E-state index is -0.0205. The molecular formula is C8H12N2O2. The third-order valence-corrected chi connectivity index (χ3v) is 1.37. The number of hydrogen-bond acceptors (Lipinski definition) is 4. The van der Waals surface area contributed by atoms with Gasteiger partial charge in [0.15, 0.2) is 11.6 Å². The molecule has 3 N–H and O–H groups in total. The lowest BCUT2D eigenvalue weighted by atomic mass is 10.3. The summed E-state index contributed by atoms with van der Waals surface area (Å²) >= 11 is 0. The van der Waals surface area contributed by atoms with Crippen molar-refractivity contribution in [1.29, 1.82) is 0 Å². The quantitative estimate of drug-likeness (QED) is 0.683. The molecule has 4 nitrogen and oxygen atoms in total. The van der Waals surface area contributed by atoms with Crippen molar-refractivity contribution in [1.82, 2.24) is 4.98 Å². The van der Waals surface area contributed by atoms with Crippen LogP contribution in [0.2, 0.25) is 0 Å². The molecule has 0 radical (unpaired) electrons. The second kappa shape index (κ2) is 3.92. The number of hydrogen-bond donors (Lipinski definition) is 2. The van der Waals surface area contributed by atoms with Crippen LogP contribution < -0.4 is 10.5 Å². The topological polar surface area (TPSA) is 68.4 Å². The van der Waals surface area contributed by atoms with Gasteiger partial charge in [0.05, 0.1) is 6.61 Å². The van der Waals surface area contributed by atoms with Crippen LogP contribution in [-0.4, -0.2) is 23.3 Å². The Bertz CT molecular complexity index is 263. The number of rotatable bonds is 3. The van der Waals surface area contributed by atoms with Gasteiger partial charge in [-0.2, -0.15) is 0 Å². The molecule has 0 bridgehead atoms. The second-order valence-corrected chi connectivity index (χ2v) is 2.41. The summed E-state index contributed by atoms with van der Waals surface area (Å²) in [6, 6.07) is 3.55. The summed E-state index contributed by atoms with van der Waals surface area (Å²) in [5.74, 6) is 0.887. The van der Waals surface area contributed by atoms with Crippen LogP contribution in [-0.2, 0) is 0 Å². The Morgan fingerprint density at radius 3 is 2.92 bits per heavy atom. The van der Waals surface area contributed by atoms with Gasteiger partial charge < -0.3 is 15.6 Å². The normalized spacial score (nSPS) is 9.83. The number of aryl methyl sites for hydroxylation is 1. The summed E-state index contributed by atoms with van der Waals surface area (Å²) < 4.78 is 5.10. The van der Waals surface area contributed by atoms with Gasteiger partial charge in [0.1, 0.15) is 6.61 Å². The van der Waals surface area contributed by atoms with Crippen LogP contribution in [0.15, 0.2) is 12.1 Å². The molecule has 66 valence electrons. The number of pyridine rings is 1. The van der Waals surface area contributed by atoms with E-state index >= 15 is 0 Å². The van der Waals surface area contributed by atoms with Crippen LogP contribution >= 0.6 is 0 Å². The molecule has 0 aliphatic rings. The Kier molecular flexibility index (Phi) is 2.88. The van der Waals surface area contributed by atoms with E-state index in [0.29, 0.717) is 11.6 Å². The first-order valence-electron chi connectivity index (χ1n) is 3.71. The summed E-state index contributed by atoms with van der Waals surface area (Å²) in [5.41, 5.74) is 6.40. The van der Waals surface area contributed by atoms with Crippen molar-refractivity contribution in [2.24, 2.45) is 0 Å². The highest BCUT2D eigenvalue weighted by Gasteiger charge is 2.00. The Hall–Kier alpha value is -1.29. The fourth-order valence-electron chi connectivity index (χ4n) is 0.842. The van der Waals surface area contributed by atoms with E-state index in [9.17, 15) is 0 Å². The molecule has 0 unspecified atom stereocenters. The smallest absolute Gasteiger partial charge is 0.166 e. The fraction of sp³-hybridized carbons (Fsp3) is 0.375. The van der Waals surface area contributed by atoms with Crippen molar-refractivity contribution in [3.8, 4) is 5.75 Å². The fourth-order valence-corrected chi connectivity index (χ4v) is 0.842. The van der Waals surface area contributed by atoms with E-state index in [4.69, 9.17) is 15.6 Å². The van der Waals surface area contributed by atoms with Gasteiger partial charge in [0.2, 0.25) is 0 Å². The third kappa shape index (κ3) is 2.10. The molecule has 0 amide bonds. The Morgan fingerprint density at radius 2 is 2.33 bits per heavy atom. The van der Waals surface area contributed by atoms with Gasteiger partial charge in [-0.05, 0) is 19.1 Å². The van der Waals surface area contributed by atoms with Crippen LogP contribution in [0.25, 0.3) is 0 Å². The van der Waals surface area contributed by atoms with Crippen molar-refractivity contribution in [3.63, 3.8) is 0 Å². The third-order valence-electron chi connectivity index (χ3n) is 1.37. The molecule has 0 saturated heterocycles. The summed E-state index contributed by atoms with van der Waals surface area (Å²) in [6.07, 6.45) is 0. The highest BCUT2D eigenvalue weighted by Crippen LogP contribution is 2.18. The van der Waals surface area contributed by atoms with E-state index in [1.807, 2.05) is 13.0 Å². The minimum Gasteiger partial charge on any atom is -0.487 e. The maximum Gasteiger partial charge on any atom is 0.166 e. The molecule has 1 aromatic heterocycles. The van der Waals surface area contributed by atoms with Crippen molar-refractivity contribution in [3.05, 3.63) is 17.8 Å². The minimum absolute atomic E-state index is 0.0205. The summed E-state index contributed by atoms with van der Waals surface area (Å²) in [7, 11) is 0. The molecule has 1 aromatic rings. The Morgan fingerprint density at radius 1 is 1.58 bits per heavy atom. The SMILES string of the molecule is Cc1ccc(OCCO)c(N)n1. The molecule has 0 aliphatic heterocycles.